The largest absolute Gasteiger partial charge is 0.481 e. The number of carboxylic acids is 1. The molecular formula is C11H19NO5. The lowest BCUT2D eigenvalue weighted by Gasteiger charge is -2.20. The Morgan fingerprint density at radius 2 is 1.88 bits per heavy atom. The first-order chi connectivity index (χ1) is 8.01. The average Bonchev–Trinajstić information content (AvgIpc) is 2.27. The molecule has 0 radical (unpaired) electrons. The van der Waals surface area contributed by atoms with Crippen LogP contribution in [-0.4, -0.2) is 48.1 Å². The van der Waals surface area contributed by atoms with Gasteiger partial charge in [-0.15, -0.1) is 0 Å². The predicted octanol–water partition coefficient (Wildman–Crippen LogP) is 0.653. The molecule has 0 aliphatic rings. The number of carbonyl (C=O) groups is 3. The van der Waals surface area contributed by atoms with Gasteiger partial charge >= 0.3 is 11.9 Å². The summed E-state index contributed by atoms with van der Waals surface area (Å²) in [6, 6.07) is 0. The van der Waals surface area contributed by atoms with Crippen LogP contribution in [0.25, 0.3) is 0 Å². The van der Waals surface area contributed by atoms with Gasteiger partial charge in [-0.05, 0) is 12.8 Å². The molecule has 0 spiro atoms. The molecule has 0 aliphatic heterocycles. The zero-order chi connectivity index (χ0) is 13.3. The van der Waals surface area contributed by atoms with Crippen LogP contribution in [0, 0.1) is 0 Å². The van der Waals surface area contributed by atoms with Crippen molar-refractivity contribution in [1.29, 1.82) is 0 Å². The van der Waals surface area contributed by atoms with Gasteiger partial charge in [-0.2, -0.15) is 0 Å². The van der Waals surface area contributed by atoms with E-state index in [1.807, 2.05) is 6.92 Å². The quantitative estimate of drug-likeness (QED) is 0.635. The molecule has 0 fully saturated rings. The highest BCUT2D eigenvalue weighted by atomic mass is 16.5. The molecule has 98 valence electrons. The molecule has 0 atom stereocenters. The number of carboxylic acid groups (broad SMARTS) is 1. The van der Waals surface area contributed by atoms with E-state index in [9.17, 15) is 14.4 Å². The van der Waals surface area contributed by atoms with Crippen LogP contribution in [0.15, 0.2) is 0 Å². The highest BCUT2D eigenvalue weighted by Gasteiger charge is 2.16. The molecule has 0 aromatic heterocycles. The molecule has 0 unspecified atom stereocenters. The summed E-state index contributed by atoms with van der Waals surface area (Å²) in [5.41, 5.74) is 0. The maximum Gasteiger partial charge on any atom is 0.325 e. The number of ether oxygens (including phenoxy) is 1. The lowest BCUT2D eigenvalue weighted by atomic mass is 10.2. The molecule has 0 saturated carbocycles. The van der Waals surface area contributed by atoms with Crippen LogP contribution in [-0.2, 0) is 19.1 Å². The third kappa shape index (κ3) is 7.32. The lowest BCUT2D eigenvalue weighted by molar-refractivity contribution is -0.147. The molecule has 0 aromatic carbocycles. The van der Waals surface area contributed by atoms with Gasteiger partial charge in [0, 0.05) is 19.4 Å². The van der Waals surface area contributed by atoms with Crippen molar-refractivity contribution in [2.75, 3.05) is 20.2 Å². The molecule has 0 aromatic rings. The molecule has 0 heterocycles. The monoisotopic (exact) mass is 245 g/mol. The molecule has 0 rings (SSSR count). The van der Waals surface area contributed by atoms with E-state index >= 15 is 0 Å². The summed E-state index contributed by atoms with van der Waals surface area (Å²) >= 11 is 0. The Bertz CT molecular complexity index is 277. The number of amides is 1. The third-order valence-electron chi connectivity index (χ3n) is 2.18. The van der Waals surface area contributed by atoms with E-state index in [4.69, 9.17) is 5.11 Å². The Kier molecular flexibility index (Phi) is 7.75. The topological polar surface area (TPSA) is 83.9 Å². The van der Waals surface area contributed by atoms with Crippen LogP contribution in [0.5, 0.6) is 0 Å². The fraction of sp³-hybridized carbons (Fsp3) is 0.727. The first kappa shape index (κ1) is 15.4. The van der Waals surface area contributed by atoms with Gasteiger partial charge in [-0.25, -0.2) is 0 Å². The predicted molar refractivity (Wildman–Crippen MR) is 60.4 cm³/mol. The fourth-order valence-electron chi connectivity index (χ4n) is 1.33. The van der Waals surface area contributed by atoms with E-state index in [1.165, 1.54) is 12.0 Å². The number of carbonyl (C=O) groups excluding carboxylic acids is 2. The van der Waals surface area contributed by atoms with Crippen molar-refractivity contribution in [3.05, 3.63) is 0 Å². The number of nitrogens with zero attached hydrogens (tertiary/aromatic N) is 1. The summed E-state index contributed by atoms with van der Waals surface area (Å²) in [6.45, 7) is 2.30. The number of methoxy groups -OCH3 is 1. The molecule has 0 saturated heterocycles. The van der Waals surface area contributed by atoms with Crippen LogP contribution >= 0.6 is 0 Å². The number of esters is 1. The van der Waals surface area contributed by atoms with Crippen molar-refractivity contribution in [3.8, 4) is 0 Å². The minimum Gasteiger partial charge on any atom is -0.481 e. The van der Waals surface area contributed by atoms with Crippen LogP contribution in [0.2, 0.25) is 0 Å². The van der Waals surface area contributed by atoms with E-state index in [0.29, 0.717) is 6.54 Å². The molecule has 1 N–H and O–H groups in total. The van der Waals surface area contributed by atoms with Gasteiger partial charge in [0.05, 0.1) is 7.11 Å². The van der Waals surface area contributed by atoms with Crippen LogP contribution < -0.4 is 0 Å². The van der Waals surface area contributed by atoms with Crippen molar-refractivity contribution in [3.63, 3.8) is 0 Å². The van der Waals surface area contributed by atoms with Crippen LogP contribution in [0.1, 0.15) is 32.6 Å². The molecular weight excluding hydrogens is 226 g/mol. The number of hydrogen-bond acceptors (Lipinski definition) is 4. The van der Waals surface area contributed by atoms with Gasteiger partial charge in [-0.1, -0.05) is 6.92 Å². The van der Waals surface area contributed by atoms with Crippen LogP contribution in [0.3, 0.4) is 0 Å². The van der Waals surface area contributed by atoms with Crippen LogP contribution in [0.4, 0.5) is 0 Å². The zero-order valence-electron chi connectivity index (χ0n) is 10.3. The molecule has 0 bridgehead atoms. The van der Waals surface area contributed by atoms with Gasteiger partial charge in [0.2, 0.25) is 5.91 Å². The standard InChI is InChI=1S/C11H19NO5/c1-3-7-12(8-11(16)17-2)9(13)5-4-6-10(14)15/h3-8H2,1-2H3,(H,14,15). The Morgan fingerprint density at radius 3 is 2.35 bits per heavy atom. The highest BCUT2D eigenvalue weighted by Crippen LogP contribution is 2.02. The number of hydrogen-bond donors (Lipinski definition) is 1. The van der Waals surface area contributed by atoms with Crippen molar-refractivity contribution < 1.29 is 24.2 Å². The Hall–Kier alpha value is -1.59. The minimum atomic E-state index is -0.923. The normalized spacial score (nSPS) is 9.76. The van der Waals surface area contributed by atoms with Gasteiger partial charge in [0.15, 0.2) is 0 Å². The molecule has 6 heteroatoms. The van der Waals surface area contributed by atoms with Crippen molar-refractivity contribution in [2.45, 2.75) is 32.6 Å². The molecule has 17 heavy (non-hydrogen) atoms. The summed E-state index contributed by atoms with van der Waals surface area (Å²) in [5.74, 6) is -1.60. The first-order valence-corrected chi connectivity index (χ1v) is 5.57. The number of aliphatic carboxylic acids is 1. The Balaban J connectivity index is 4.14. The Labute approximate surface area is 101 Å². The second kappa shape index (κ2) is 8.55. The SMILES string of the molecule is CCCN(CC(=O)OC)C(=O)CCCC(=O)O. The van der Waals surface area contributed by atoms with Gasteiger partial charge < -0.3 is 14.7 Å². The maximum atomic E-state index is 11.7. The summed E-state index contributed by atoms with van der Waals surface area (Å²) in [7, 11) is 1.27. The highest BCUT2D eigenvalue weighted by molar-refractivity contribution is 5.82. The summed E-state index contributed by atoms with van der Waals surface area (Å²) in [5, 5.41) is 8.45. The van der Waals surface area contributed by atoms with Crippen molar-refractivity contribution >= 4 is 17.8 Å². The van der Waals surface area contributed by atoms with Crippen molar-refractivity contribution in [2.24, 2.45) is 0 Å². The Morgan fingerprint density at radius 1 is 1.24 bits per heavy atom. The average molecular weight is 245 g/mol. The van der Waals surface area contributed by atoms with Gasteiger partial charge in [0.25, 0.3) is 0 Å². The summed E-state index contributed by atoms with van der Waals surface area (Å²) < 4.78 is 4.49. The van der Waals surface area contributed by atoms with Gasteiger partial charge in [0.1, 0.15) is 6.54 Å². The van der Waals surface area contributed by atoms with E-state index in [2.05, 4.69) is 4.74 Å². The van der Waals surface area contributed by atoms with E-state index in [-0.39, 0.29) is 31.7 Å². The lowest BCUT2D eigenvalue weighted by Crippen LogP contribution is -2.36. The second-order valence-electron chi connectivity index (χ2n) is 3.64. The summed E-state index contributed by atoms with van der Waals surface area (Å²) in [6.07, 6.45) is 1.13. The number of rotatable bonds is 8. The van der Waals surface area contributed by atoms with Crippen molar-refractivity contribution in [1.82, 2.24) is 4.90 Å². The third-order valence-corrected chi connectivity index (χ3v) is 2.18. The molecule has 0 aliphatic carbocycles. The molecule has 6 nitrogen and oxygen atoms in total. The molecule has 1 amide bonds. The second-order valence-corrected chi connectivity index (χ2v) is 3.64. The minimum absolute atomic E-state index is 0.0378. The van der Waals surface area contributed by atoms with E-state index in [1.54, 1.807) is 0 Å². The zero-order valence-corrected chi connectivity index (χ0v) is 10.3. The van der Waals surface area contributed by atoms with E-state index in [0.717, 1.165) is 6.42 Å². The summed E-state index contributed by atoms with van der Waals surface area (Å²) in [4.78, 5) is 34.5. The fourth-order valence-corrected chi connectivity index (χ4v) is 1.33. The van der Waals surface area contributed by atoms with E-state index < -0.39 is 11.9 Å². The first-order valence-electron chi connectivity index (χ1n) is 5.57. The maximum absolute atomic E-state index is 11.7. The van der Waals surface area contributed by atoms with Gasteiger partial charge in [-0.3, -0.25) is 14.4 Å². The smallest absolute Gasteiger partial charge is 0.325 e.